The molecule has 0 bridgehead atoms. The van der Waals surface area contributed by atoms with Crippen LogP contribution in [-0.2, 0) is 16.1 Å². The van der Waals surface area contributed by atoms with Gasteiger partial charge in [-0.15, -0.1) is 0 Å². The number of amides is 2. The van der Waals surface area contributed by atoms with Crippen LogP contribution in [0.5, 0.6) is 11.5 Å². The van der Waals surface area contributed by atoms with Gasteiger partial charge in [0.25, 0.3) is 0 Å². The van der Waals surface area contributed by atoms with Crippen LogP contribution in [0, 0.1) is 5.92 Å². The Hall–Kier alpha value is -2.24. The molecular weight excluding hydrogens is 296 g/mol. The number of fused-ring (bicyclic) bond motifs is 2. The van der Waals surface area contributed by atoms with Gasteiger partial charge in [-0.2, -0.15) is 0 Å². The van der Waals surface area contributed by atoms with Crippen molar-refractivity contribution in [1.82, 2.24) is 4.90 Å². The zero-order chi connectivity index (χ0) is 16.0. The van der Waals surface area contributed by atoms with Gasteiger partial charge < -0.3 is 19.3 Å². The minimum Gasteiger partial charge on any atom is -0.454 e. The molecule has 0 aromatic heterocycles. The summed E-state index contributed by atoms with van der Waals surface area (Å²) >= 11 is 0. The van der Waals surface area contributed by atoms with Gasteiger partial charge in [-0.1, -0.05) is 0 Å². The first-order chi connectivity index (χ1) is 11.1. The Morgan fingerprint density at radius 1 is 1.26 bits per heavy atom. The van der Waals surface area contributed by atoms with Gasteiger partial charge in [0, 0.05) is 39.0 Å². The van der Waals surface area contributed by atoms with Gasteiger partial charge in [0.05, 0.1) is 5.69 Å². The Bertz CT molecular complexity index is 669. The van der Waals surface area contributed by atoms with E-state index >= 15 is 0 Å². The topological polar surface area (TPSA) is 59.1 Å². The molecule has 2 amide bonds. The third kappa shape index (κ3) is 2.73. The van der Waals surface area contributed by atoms with Crippen molar-refractivity contribution < 1.29 is 19.1 Å². The number of anilines is 1. The summed E-state index contributed by atoms with van der Waals surface area (Å²) in [7, 11) is 0. The zero-order valence-corrected chi connectivity index (χ0v) is 13.2. The van der Waals surface area contributed by atoms with E-state index in [9.17, 15) is 9.59 Å². The molecule has 3 aliphatic rings. The SMILES string of the molecule is CC(=O)N1CCC(=O)N(CC2CC2)Cc2cc3c(cc21)OCO3. The number of nitrogens with zero attached hydrogens (tertiary/aromatic N) is 2. The second kappa shape index (κ2) is 5.44. The fraction of sp³-hybridized carbons (Fsp3) is 0.529. The number of rotatable bonds is 2. The van der Waals surface area contributed by atoms with Crippen molar-refractivity contribution in [3.05, 3.63) is 17.7 Å². The van der Waals surface area contributed by atoms with Gasteiger partial charge in [0.1, 0.15) is 0 Å². The van der Waals surface area contributed by atoms with E-state index in [0.717, 1.165) is 17.8 Å². The molecule has 0 N–H and O–H groups in total. The molecule has 2 aliphatic heterocycles. The number of benzene rings is 1. The maximum absolute atomic E-state index is 12.5. The minimum absolute atomic E-state index is 0.0615. The molecule has 6 heteroatoms. The molecule has 1 aromatic carbocycles. The van der Waals surface area contributed by atoms with Crippen LogP contribution in [-0.4, -0.2) is 36.6 Å². The quantitative estimate of drug-likeness (QED) is 0.836. The Balaban J connectivity index is 1.73. The van der Waals surface area contributed by atoms with Gasteiger partial charge in [0.2, 0.25) is 18.6 Å². The summed E-state index contributed by atoms with van der Waals surface area (Å²) in [6.07, 6.45) is 2.77. The molecule has 6 nitrogen and oxygen atoms in total. The largest absolute Gasteiger partial charge is 0.454 e. The molecule has 0 unspecified atom stereocenters. The van der Waals surface area contributed by atoms with Crippen molar-refractivity contribution >= 4 is 17.5 Å². The van der Waals surface area contributed by atoms with E-state index in [4.69, 9.17) is 9.47 Å². The van der Waals surface area contributed by atoms with E-state index in [1.54, 1.807) is 4.90 Å². The first kappa shape index (κ1) is 14.4. The van der Waals surface area contributed by atoms with Crippen LogP contribution in [0.3, 0.4) is 0 Å². The molecule has 0 radical (unpaired) electrons. The van der Waals surface area contributed by atoms with E-state index in [2.05, 4.69) is 0 Å². The lowest BCUT2D eigenvalue weighted by Gasteiger charge is -2.32. The molecule has 1 aromatic rings. The van der Waals surface area contributed by atoms with Crippen LogP contribution >= 0.6 is 0 Å². The molecular formula is C17H20N2O4. The molecule has 0 spiro atoms. The van der Waals surface area contributed by atoms with E-state index in [1.165, 1.54) is 19.8 Å². The smallest absolute Gasteiger partial charge is 0.231 e. The normalized spacial score (nSPS) is 20.1. The monoisotopic (exact) mass is 316 g/mol. The summed E-state index contributed by atoms with van der Waals surface area (Å²) in [6.45, 7) is 3.46. The summed E-state index contributed by atoms with van der Waals surface area (Å²) in [4.78, 5) is 28.1. The Kier molecular flexibility index (Phi) is 3.39. The second-order valence-electron chi connectivity index (χ2n) is 6.47. The van der Waals surface area contributed by atoms with E-state index in [-0.39, 0.29) is 18.6 Å². The second-order valence-corrected chi connectivity index (χ2v) is 6.47. The van der Waals surface area contributed by atoms with Gasteiger partial charge in [0.15, 0.2) is 11.5 Å². The van der Waals surface area contributed by atoms with Crippen molar-refractivity contribution in [2.45, 2.75) is 32.7 Å². The lowest BCUT2D eigenvalue weighted by atomic mass is 10.1. The number of carbonyl (C=O) groups is 2. The number of hydrogen-bond donors (Lipinski definition) is 0. The van der Waals surface area contributed by atoms with Crippen LogP contribution in [0.1, 0.15) is 31.7 Å². The molecule has 122 valence electrons. The highest BCUT2D eigenvalue weighted by atomic mass is 16.7. The summed E-state index contributed by atoms with van der Waals surface area (Å²) in [5.74, 6) is 2.04. The summed E-state index contributed by atoms with van der Waals surface area (Å²) in [5, 5.41) is 0. The predicted molar refractivity (Wildman–Crippen MR) is 83.4 cm³/mol. The number of ether oxygens (including phenoxy) is 2. The van der Waals surface area contributed by atoms with Crippen molar-refractivity contribution in [3.63, 3.8) is 0 Å². The third-order valence-corrected chi connectivity index (χ3v) is 4.68. The average Bonchev–Trinajstić information content (AvgIpc) is 3.21. The van der Waals surface area contributed by atoms with Crippen LogP contribution in [0.15, 0.2) is 12.1 Å². The van der Waals surface area contributed by atoms with Crippen LogP contribution in [0.2, 0.25) is 0 Å². The molecule has 0 atom stereocenters. The van der Waals surface area contributed by atoms with Crippen LogP contribution in [0.25, 0.3) is 0 Å². The highest BCUT2D eigenvalue weighted by Crippen LogP contribution is 2.40. The third-order valence-electron chi connectivity index (χ3n) is 4.68. The predicted octanol–water partition coefficient (Wildman–Crippen LogP) is 1.91. The molecule has 2 heterocycles. The first-order valence-corrected chi connectivity index (χ1v) is 8.10. The maximum Gasteiger partial charge on any atom is 0.231 e. The molecule has 1 saturated carbocycles. The Labute approximate surface area is 134 Å². The summed E-state index contributed by atoms with van der Waals surface area (Å²) in [5.41, 5.74) is 1.77. The highest BCUT2D eigenvalue weighted by Gasteiger charge is 2.31. The lowest BCUT2D eigenvalue weighted by molar-refractivity contribution is -0.132. The summed E-state index contributed by atoms with van der Waals surface area (Å²) in [6, 6.07) is 3.77. The van der Waals surface area contributed by atoms with E-state index in [0.29, 0.717) is 36.9 Å². The van der Waals surface area contributed by atoms with Gasteiger partial charge in [-0.25, -0.2) is 0 Å². The average molecular weight is 316 g/mol. The van der Waals surface area contributed by atoms with E-state index < -0.39 is 0 Å². The van der Waals surface area contributed by atoms with Crippen molar-refractivity contribution in [1.29, 1.82) is 0 Å². The fourth-order valence-electron chi connectivity index (χ4n) is 3.24. The first-order valence-electron chi connectivity index (χ1n) is 8.10. The van der Waals surface area contributed by atoms with Crippen LogP contribution in [0.4, 0.5) is 5.69 Å². The summed E-state index contributed by atoms with van der Waals surface area (Å²) < 4.78 is 10.9. The molecule has 1 aliphatic carbocycles. The molecule has 1 fully saturated rings. The zero-order valence-electron chi connectivity index (χ0n) is 13.2. The maximum atomic E-state index is 12.5. The standard InChI is InChI=1S/C17H20N2O4/c1-11(20)19-5-4-17(21)18(8-12-2-3-12)9-13-6-15-16(7-14(13)19)23-10-22-15/h6-7,12H,2-5,8-10H2,1H3. The lowest BCUT2D eigenvalue weighted by Crippen LogP contribution is -2.40. The highest BCUT2D eigenvalue weighted by molar-refractivity contribution is 5.94. The molecule has 23 heavy (non-hydrogen) atoms. The Morgan fingerprint density at radius 2 is 2.00 bits per heavy atom. The Morgan fingerprint density at radius 3 is 2.70 bits per heavy atom. The minimum atomic E-state index is -0.0615. The van der Waals surface area contributed by atoms with E-state index in [1.807, 2.05) is 17.0 Å². The van der Waals surface area contributed by atoms with Crippen molar-refractivity contribution in [2.24, 2.45) is 5.92 Å². The van der Waals surface area contributed by atoms with Gasteiger partial charge in [-0.3, -0.25) is 9.59 Å². The fourth-order valence-corrected chi connectivity index (χ4v) is 3.24. The molecule has 0 saturated heterocycles. The van der Waals surface area contributed by atoms with Gasteiger partial charge >= 0.3 is 0 Å². The number of hydrogen-bond acceptors (Lipinski definition) is 4. The molecule has 4 rings (SSSR count). The van der Waals surface area contributed by atoms with Crippen molar-refractivity contribution in [3.8, 4) is 11.5 Å². The van der Waals surface area contributed by atoms with Crippen molar-refractivity contribution in [2.75, 3.05) is 24.8 Å². The van der Waals surface area contributed by atoms with Gasteiger partial charge in [-0.05, 0) is 30.4 Å². The van der Waals surface area contributed by atoms with Crippen LogP contribution < -0.4 is 14.4 Å². The number of carbonyl (C=O) groups excluding carboxylic acids is 2.